The van der Waals surface area contributed by atoms with Gasteiger partial charge in [0.2, 0.25) is 5.65 Å². The van der Waals surface area contributed by atoms with E-state index < -0.39 is 0 Å². The molecule has 80 valence electrons. The van der Waals surface area contributed by atoms with Gasteiger partial charge in [-0.25, -0.2) is 0 Å². The summed E-state index contributed by atoms with van der Waals surface area (Å²) in [5.74, 6) is 0.433. The molecule has 0 aliphatic carbocycles. The maximum atomic E-state index is 11.1. The molecule has 0 saturated carbocycles. The van der Waals surface area contributed by atoms with Crippen molar-refractivity contribution < 1.29 is 4.79 Å². The zero-order chi connectivity index (χ0) is 11.7. The first kappa shape index (κ1) is 10.4. The highest BCUT2D eigenvalue weighted by atomic mass is 16.1. The van der Waals surface area contributed by atoms with Crippen LogP contribution in [0.4, 0.5) is 5.82 Å². The van der Waals surface area contributed by atoms with Gasteiger partial charge < -0.3 is 9.41 Å². The van der Waals surface area contributed by atoms with Crippen LogP contribution in [0.5, 0.6) is 0 Å². The number of aromatic nitrogens is 2. The third-order valence-corrected chi connectivity index (χ3v) is 2.41. The summed E-state index contributed by atoms with van der Waals surface area (Å²) in [6.07, 6.45) is 1.90. The predicted molar refractivity (Wildman–Crippen MR) is 61.4 cm³/mol. The Bertz CT molecular complexity index is 604. The Balaban J connectivity index is 2.66. The van der Waals surface area contributed by atoms with Crippen molar-refractivity contribution in [2.75, 3.05) is 0 Å². The zero-order valence-corrected chi connectivity index (χ0v) is 9.19. The third-order valence-electron chi connectivity index (χ3n) is 2.41. The molecule has 0 unspecified atom stereocenters. The number of hydrogen-bond donors (Lipinski definition) is 0. The Morgan fingerprint density at radius 1 is 1.56 bits per heavy atom. The first-order valence-corrected chi connectivity index (χ1v) is 4.95. The van der Waals surface area contributed by atoms with Crippen LogP contribution in [0.15, 0.2) is 18.3 Å². The average Bonchev–Trinajstić information content (AvgIpc) is 2.54. The van der Waals surface area contributed by atoms with Crippen molar-refractivity contribution >= 4 is 22.6 Å². The first-order chi connectivity index (χ1) is 7.61. The Morgan fingerprint density at radius 3 is 2.94 bits per heavy atom. The van der Waals surface area contributed by atoms with Crippen LogP contribution < -0.4 is 0 Å². The molecular formula is C12H11N3O. The van der Waals surface area contributed by atoms with Gasteiger partial charge in [0.15, 0.2) is 0 Å². The number of ketones is 1. The van der Waals surface area contributed by atoms with E-state index in [-0.39, 0.29) is 5.78 Å². The molecule has 4 heteroatoms. The summed E-state index contributed by atoms with van der Waals surface area (Å²) >= 11 is 0. The van der Waals surface area contributed by atoms with Gasteiger partial charge in [-0.1, -0.05) is 12.6 Å². The second kappa shape index (κ2) is 3.78. The molecule has 0 saturated heterocycles. The molecule has 0 spiro atoms. The summed E-state index contributed by atoms with van der Waals surface area (Å²) in [6, 6.07) is 3.57. The summed E-state index contributed by atoms with van der Waals surface area (Å²) in [4.78, 5) is 18.6. The number of Topliss-reactive ketones (excluding diaryl/α,β-unsaturated/α-hetero) is 1. The predicted octanol–water partition coefficient (Wildman–Crippen LogP) is 2.48. The summed E-state index contributed by atoms with van der Waals surface area (Å²) in [5.41, 5.74) is 1.78. The highest BCUT2D eigenvalue weighted by molar-refractivity contribution is 5.84. The molecule has 2 heterocycles. The van der Waals surface area contributed by atoms with Gasteiger partial charge in [-0.2, -0.15) is 0 Å². The lowest BCUT2D eigenvalue weighted by Crippen LogP contribution is -2.05. The summed E-state index contributed by atoms with van der Waals surface area (Å²) in [7, 11) is 0. The number of aryl methyl sites for hydroxylation is 1. The molecule has 16 heavy (non-hydrogen) atoms. The number of hydrogen-bond acceptors (Lipinski definition) is 2. The second-order valence-electron chi connectivity index (χ2n) is 3.79. The number of pyridine rings is 1. The first-order valence-electron chi connectivity index (χ1n) is 4.95. The normalized spacial score (nSPS) is 10.3. The monoisotopic (exact) mass is 213 g/mol. The third kappa shape index (κ3) is 1.68. The topological polar surface area (TPSA) is 39.2 Å². The lowest BCUT2D eigenvalue weighted by Gasteiger charge is -1.97. The van der Waals surface area contributed by atoms with Crippen molar-refractivity contribution in [2.45, 2.75) is 20.4 Å². The van der Waals surface area contributed by atoms with Crippen LogP contribution in [0, 0.1) is 13.5 Å². The fraction of sp³-hybridized carbons (Fsp3) is 0.250. The molecule has 0 bridgehead atoms. The van der Waals surface area contributed by atoms with Crippen molar-refractivity contribution in [3.63, 3.8) is 0 Å². The van der Waals surface area contributed by atoms with Crippen LogP contribution in [-0.2, 0) is 11.3 Å². The fourth-order valence-electron chi connectivity index (χ4n) is 1.75. The summed E-state index contributed by atoms with van der Waals surface area (Å²) < 4.78 is 1.79. The van der Waals surface area contributed by atoms with Crippen LogP contribution in [0.3, 0.4) is 0 Å². The van der Waals surface area contributed by atoms with Crippen LogP contribution in [0.2, 0.25) is 0 Å². The fourth-order valence-corrected chi connectivity index (χ4v) is 1.75. The number of carbonyl (C=O) groups excluding carboxylic acids is 1. The van der Waals surface area contributed by atoms with Gasteiger partial charge in [0.1, 0.15) is 5.78 Å². The smallest absolute Gasteiger partial charge is 0.271 e. The maximum Gasteiger partial charge on any atom is 0.271 e. The van der Waals surface area contributed by atoms with Crippen molar-refractivity contribution in [2.24, 2.45) is 0 Å². The molecule has 0 fully saturated rings. The lowest BCUT2D eigenvalue weighted by atomic mass is 10.2. The van der Waals surface area contributed by atoms with E-state index in [2.05, 4.69) is 9.83 Å². The highest BCUT2D eigenvalue weighted by Crippen LogP contribution is 2.22. The van der Waals surface area contributed by atoms with Crippen molar-refractivity contribution in [1.82, 2.24) is 9.55 Å². The minimum Gasteiger partial charge on any atom is -0.361 e. The van der Waals surface area contributed by atoms with E-state index in [1.54, 1.807) is 17.6 Å². The van der Waals surface area contributed by atoms with Gasteiger partial charge in [0.25, 0.3) is 5.82 Å². The molecule has 0 radical (unpaired) electrons. The van der Waals surface area contributed by atoms with Gasteiger partial charge in [-0.05, 0) is 25.5 Å². The molecule has 2 rings (SSSR count). The van der Waals surface area contributed by atoms with E-state index in [9.17, 15) is 4.79 Å². The number of carbonyl (C=O) groups is 1. The Labute approximate surface area is 93.3 Å². The molecule has 0 aliphatic rings. The number of nitrogens with zero attached hydrogens (tertiary/aromatic N) is 3. The van der Waals surface area contributed by atoms with Crippen LogP contribution in [-0.4, -0.2) is 15.3 Å². The molecule has 0 atom stereocenters. The van der Waals surface area contributed by atoms with E-state index in [4.69, 9.17) is 6.57 Å². The summed E-state index contributed by atoms with van der Waals surface area (Å²) in [5, 5.41) is 0.994. The standard InChI is InChI=1S/C12H11N3O/c1-8-6-15(7-9(2)16)12-10(8)4-5-11(13-3)14-12/h4-6H,7H2,1-2H3. The molecule has 0 aromatic carbocycles. The molecule has 0 aliphatic heterocycles. The van der Waals surface area contributed by atoms with E-state index in [1.807, 2.05) is 19.2 Å². The molecule has 2 aromatic rings. The van der Waals surface area contributed by atoms with Crippen LogP contribution in [0.25, 0.3) is 15.9 Å². The van der Waals surface area contributed by atoms with Gasteiger partial charge in [-0.3, -0.25) is 4.79 Å². The highest BCUT2D eigenvalue weighted by Gasteiger charge is 2.11. The van der Waals surface area contributed by atoms with Crippen LogP contribution in [0.1, 0.15) is 12.5 Å². The lowest BCUT2D eigenvalue weighted by molar-refractivity contribution is -0.117. The average molecular weight is 213 g/mol. The molecule has 0 N–H and O–H groups in total. The SMILES string of the molecule is [C-]#[N+]c1ccc2c(C)cn(CC(C)=O)c2n1. The minimum atomic E-state index is 0.0758. The minimum absolute atomic E-state index is 0.0758. The number of fused-ring (bicyclic) bond motifs is 1. The molecule has 0 amide bonds. The van der Waals surface area contributed by atoms with Gasteiger partial charge >= 0.3 is 0 Å². The Morgan fingerprint density at radius 2 is 2.31 bits per heavy atom. The van der Waals surface area contributed by atoms with E-state index in [1.165, 1.54) is 0 Å². The molecule has 4 nitrogen and oxygen atoms in total. The van der Waals surface area contributed by atoms with E-state index >= 15 is 0 Å². The number of rotatable bonds is 2. The largest absolute Gasteiger partial charge is 0.361 e. The molecular weight excluding hydrogens is 202 g/mol. The quantitative estimate of drug-likeness (QED) is 0.719. The van der Waals surface area contributed by atoms with Gasteiger partial charge in [0, 0.05) is 11.6 Å². The zero-order valence-electron chi connectivity index (χ0n) is 9.19. The Hall–Kier alpha value is -2.15. The van der Waals surface area contributed by atoms with Gasteiger partial charge in [-0.15, -0.1) is 4.98 Å². The van der Waals surface area contributed by atoms with E-state index in [0.29, 0.717) is 18.0 Å². The van der Waals surface area contributed by atoms with E-state index in [0.717, 1.165) is 10.9 Å². The van der Waals surface area contributed by atoms with Gasteiger partial charge in [0.05, 0.1) is 6.54 Å². The van der Waals surface area contributed by atoms with Crippen molar-refractivity contribution in [3.05, 3.63) is 35.3 Å². The second-order valence-corrected chi connectivity index (χ2v) is 3.79. The van der Waals surface area contributed by atoms with Crippen molar-refractivity contribution in [1.29, 1.82) is 0 Å². The molecule has 2 aromatic heterocycles. The Kier molecular flexibility index (Phi) is 2.45. The van der Waals surface area contributed by atoms with Crippen molar-refractivity contribution in [3.8, 4) is 0 Å². The maximum absolute atomic E-state index is 11.1. The summed E-state index contributed by atoms with van der Waals surface area (Å²) in [6.45, 7) is 10.7. The van der Waals surface area contributed by atoms with Crippen LogP contribution >= 0.6 is 0 Å².